The summed E-state index contributed by atoms with van der Waals surface area (Å²) in [7, 11) is 0. The summed E-state index contributed by atoms with van der Waals surface area (Å²) in [5, 5.41) is 18.3. The van der Waals surface area contributed by atoms with Crippen LogP contribution < -0.4 is 0 Å². The van der Waals surface area contributed by atoms with Crippen molar-refractivity contribution in [1.29, 1.82) is 0 Å². The summed E-state index contributed by atoms with van der Waals surface area (Å²) < 4.78 is 0.793. The van der Waals surface area contributed by atoms with Crippen molar-refractivity contribution in [2.45, 2.75) is 12.5 Å². The van der Waals surface area contributed by atoms with Crippen molar-refractivity contribution >= 4 is 45.9 Å². The SMILES string of the molecule is O=C(CCCl)c1cc(I)ccc1C(O)C(=O)O. The van der Waals surface area contributed by atoms with E-state index < -0.39 is 12.1 Å². The number of halogens is 2. The van der Waals surface area contributed by atoms with Gasteiger partial charge in [-0.2, -0.15) is 0 Å². The second-order valence-electron chi connectivity index (χ2n) is 3.33. The van der Waals surface area contributed by atoms with E-state index in [1.807, 2.05) is 22.6 Å². The largest absolute Gasteiger partial charge is 0.479 e. The van der Waals surface area contributed by atoms with Gasteiger partial charge in [-0.05, 0) is 34.7 Å². The van der Waals surface area contributed by atoms with Crippen LogP contribution in [0.5, 0.6) is 0 Å². The van der Waals surface area contributed by atoms with E-state index in [0.717, 1.165) is 3.57 Å². The first kappa shape index (κ1) is 14.4. The average molecular weight is 369 g/mol. The fourth-order valence-corrected chi connectivity index (χ4v) is 2.02. The zero-order valence-electron chi connectivity index (χ0n) is 8.69. The Balaban J connectivity index is 3.21. The van der Waals surface area contributed by atoms with Crippen LogP contribution in [0.15, 0.2) is 18.2 Å². The molecule has 92 valence electrons. The van der Waals surface area contributed by atoms with Crippen LogP contribution in [0.3, 0.4) is 0 Å². The number of aliphatic hydroxyl groups is 1. The molecule has 0 bridgehead atoms. The maximum absolute atomic E-state index is 11.8. The van der Waals surface area contributed by atoms with Crippen LogP contribution in [0, 0.1) is 3.57 Å². The first-order valence-corrected chi connectivity index (χ1v) is 6.38. The Bertz CT molecular complexity index is 447. The van der Waals surface area contributed by atoms with E-state index >= 15 is 0 Å². The third-order valence-electron chi connectivity index (χ3n) is 2.17. The minimum atomic E-state index is -1.69. The van der Waals surface area contributed by atoms with Gasteiger partial charge in [-0.25, -0.2) is 4.79 Å². The third-order valence-corrected chi connectivity index (χ3v) is 3.03. The summed E-state index contributed by atoms with van der Waals surface area (Å²) in [5.41, 5.74) is 0.320. The molecule has 0 spiro atoms. The fraction of sp³-hybridized carbons (Fsp3) is 0.273. The highest BCUT2D eigenvalue weighted by Crippen LogP contribution is 2.22. The van der Waals surface area contributed by atoms with Gasteiger partial charge in [0, 0.05) is 27.0 Å². The number of aliphatic carboxylic acids is 1. The lowest BCUT2D eigenvalue weighted by Gasteiger charge is -2.11. The van der Waals surface area contributed by atoms with Crippen molar-refractivity contribution in [1.82, 2.24) is 0 Å². The average Bonchev–Trinajstić information content (AvgIpc) is 2.28. The molecule has 1 rings (SSSR count). The van der Waals surface area contributed by atoms with Crippen molar-refractivity contribution in [3.63, 3.8) is 0 Å². The Hall–Kier alpha value is -0.660. The molecule has 0 heterocycles. The smallest absolute Gasteiger partial charge is 0.337 e. The Morgan fingerprint density at radius 2 is 2.06 bits per heavy atom. The van der Waals surface area contributed by atoms with Crippen molar-refractivity contribution in [2.75, 3.05) is 5.88 Å². The summed E-state index contributed by atoms with van der Waals surface area (Å²) >= 11 is 7.49. The molecule has 2 N–H and O–H groups in total. The van der Waals surface area contributed by atoms with Crippen molar-refractivity contribution in [2.24, 2.45) is 0 Å². The molecule has 17 heavy (non-hydrogen) atoms. The van der Waals surface area contributed by atoms with Crippen LogP contribution >= 0.6 is 34.2 Å². The van der Waals surface area contributed by atoms with Gasteiger partial charge >= 0.3 is 5.97 Å². The Labute approximate surface area is 117 Å². The zero-order chi connectivity index (χ0) is 13.0. The summed E-state index contributed by atoms with van der Waals surface area (Å²) in [6, 6.07) is 4.64. The minimum Gasteiger partial charge on any atom is -0.479 e. The van der Waals surface area contributed by atoms with Gasteiger partial charge in [0.25, 0.3) is 0 Å². The van der Waals surface area contributed by atoms with E-state index in [9.17, 15) is 14.7 Å². The van der Waals surface area contributed by atoms with Crippen LogP contribution in [0.1, 0.15) is 28.4 Å². The number of carbonyl (C=O) groups excluding carboxylic acids is 1. The molecule has 0 amide bonds. The summed E-state index contributed by atoms with van der Waals surface area (Å²) in [6.07, 6.45) is -1.58. The molecule has 1 unspecified atom stereocenters. The fourth-order valence-electron chi connectivity index (χ4n) is 1.36. The number of hydrogen-bond acceptors (Lipinski definition) is 3. The molecule has 0 aromatic heterocycles. The monoisotopic (exact) mass is 368 g/mol. The standard InChI is InChI=1S/C11H10ClIO4/c12-4-3-9(14)8-5-6(13)1-2-7(8)10(15)11(16)17/h1-2,5,10,15H,3-4H2,(H,16,17). The van der Waals surface area contributed by atoms with E-state index in [4.69, 9.17) is 16.7 Å². The van der Waals surface area contributed by atoms with E-state index in [1.54, 1.807) is 12.1 Å². The number of hydrogen-bond donors (Lipinski definition) is 2. The third kappa shape index (κ3) is 3.65. The van der Waals surface area contributed by atoms with Crippen molar-refractivity contribution in [3.05, 3.63) is 32.9 Å². The predicted octanol–water partition coefficient (Wildman–Crippen LogP) is 2.22. The van der Waals surface area contributed by atoms with Crippen LogP contribution in [0.2, 0.25) is 0 Å². The molecule has 0 radical (unpaired) electrons. The number of carbonyl (C=O) groups is 2. The first-order valence-electron chi connectivity index (χ1n) is 4.77. The quantitative estimate of drug-likeness (QED) is 0.475. The van der Waals surface area contributed by atoms with Crippen LogP contribution in [0.4, 0.5) is 0 Å². The maximum atomic E-state index is 11.8. The first-order chi connectivity index (χ1) is 7.97. The number of ketones is 1. The topological polar surface area (TPSA) is 74.6 Å². The van der Waals surface area contributed by atoms with Crippen LogP contribution in [0.25, 0.3) is 0 Å². The van der Waals surface area contributed by atoms with Crippen molar-refractivity contribution < 1.29 is 19.8 Å². The lowest BCUT2D eigenvalue weighted by molar-refractivity contribution is -0.146. The Morgan fingerprint density at radius 3 is 2.59 bits per heavy atom. The molecule has 0 aliphatic heterocycles. The molecule has 0 saturated heterocycles. The van der Waals surface area contributed by atoms with Crippen LogP contribution in [-0.4, -0.2) is 27.8 Å². The highest BCUT2D eigenvalue weighted by molar-refractivity contribution is 14.1. The molecule has 0 saturated carbocycles. The molecule has 4 nitrogen and oxygen atoms in total. The van der Waals surface area contributed by atoms with Crippen LogP contribution in [-0.2, 0) is 4.79 Å². The maximum Gasteiger partial charge on any atom is 0.337 e. The molecule has 1 aromatic rings. The number of aliphatic hydroxyl groups excluding tert-OH is 1. The van der Waals surface area contributed by atoms with Gasteiger partial charge in [0.2, 0.25) is 0 Å². The normalized spacial score (nSPS) is 12.2. The number of rotatable bonds is 5. The molecule has 1 atom stereocenters. The van der Waals surface area contributed by atoms with Gasteiger partial charge in [0.05, 0.1) is 0 Å². The molecular weight excluding hydrogens is 358 g/mol. The highest BCUT2D eigenvalue weighted by atomic mass is 127. The highest BCUT2D eigenvalue weighted by Gasteiger charge is 2.22. The molecule has 0 fully saturated rings. The van der Waals surface area contributed by atoms with E-state index in [1.165, 1.54) is 6.07 Å². The number of benzene rings is 1. The van der Waals surface area contributed by atoms with E-state index in [-0.39, 0.29) is 29.2 Å². The molecular formula is C11H10ClIO4. The Morgan fingerprint density at radius 1 is 1.41 bits per heavy atom. The van der Waals surface area contributed by atoms with Gasteiger partial charge < -0.3 is 10.2 Å². The summed E-state index contributed by atoms with van der Waals surface area (Å²) in [5.74, 6) is -1.49. The van der Waals surface area contributed by atoms with Gasteiger partial charge in [-0.15, -0.1) is 11.6 Å². The number of carboxylic acids is 1. The van der Waals surface area contributed by atoms with Gasteiger partial charge in [0.1, 0.15) is 0 Å². The van der Waals surface area contributed by atoms with Crippen molar-refractivity contribution in [3.8, 4) is 0 Å². The van der Waals surface area contributed by atoms with Gasteiger partial charge in [-0.3, -0.25) is 4.79 Å². The second-order valence-corrected chi connectivity index (χ2v) is 4.96. The minimum absolute atomic E-state index is 0.105. The molecule has 1 aromatic carbocycles. The molecule has 0 aliphatic rings. The number of carboxylic acid groups (broad SMARTS) is 1. The Kier molecular flexibility index (Phi) is 5.35. The predicted molar refractivity (Wildman–Crippen MR) is 71.4 cm³/mol. The van der Waals surface area contributed by atoms with E-state index in [2.05, 4.69) is 0 Å². The number of alkyl halides is 1. The molecule has 0 aliphatic carbocycles. The van der Waals surface area contributed by atoms with Gasteiger partial charge in [0.15, 0.2) is 11.9 Å². The summed E-state index contributed by atoms with van der Waals surface area (Å²) in [6.45, 7) is 0. The molecule has 6 heteroatoms. The lowest BCUT2D eigenvalue weighted by Crippen LogP contribution is -2.15. The van der Waals surface area contributed by atoms with E-state index in [0.29, 0.717) is 0 Å². The summed E-state index contributed by atoms with van der Waals surface area (Å²) in [4.78, 5) is 22.5. The number of Topliss-reactive ketones (excluding diaryl/α,β-unsaturated/α-hetero) is 1. The lowest BCUT2D eigenvalue weighted by atomic mass is 9.98. The second kappa shape index (κ2) is 6.32. The zero-order valence-corrected chi connectivity index (χ0v) is 11.6. The van der Waals surface area contributed by atoms with Gasteiger partial charge in [-0.1, -0.05) is 6.07 Å².